The summed E-state index contributed by atoms with van der Waals surface area (Å²) in [6.07, 6.45) is 5.22. The Kier molecular flexibility index (Phi) is 4.90. The molecule has 1 aliphatic rings. The van der Waals surface area contributed by atoms with Crippen LogP contribution < -0.4 is 15.2 Å². The van der Waals surface area contributed by atoms with Crippen molar-refractivity contribution in [1.29, 1.82) is 0 Å². The maximum Gasteiger partial charge on any atom is 0.302 e. The second-order valence-electron chi connectivity index (χ2n) is 6.41. The summed E-state index contributed by atoms with van der Waals surface area (Å²) in [6, 6.07) is 8.98. The van der Waals surface area contributed by atoms with E-state index in [4.69, 9.17) is 15.6 Å². The molecule has 0 atom stereocenters. The van der Waals surface area contributed by atoms with Crippen LogP contribution in [0.4, 0.5) is 11.6 Å². The van der Waals surface area contributed by atoms with Crippen LogP contribution in [0.2, 0.25) is 0 Å². The molecule has 1 amide bonds. The molecule has 0 spiro atoms. The van der Waals surface area contributed by atoms with Gasteiger partial charge >= 0.3 is 5.91 Å². The highest BCUT2D eigenvalue weighted by atomic mass is 32.1. The molecule has 6 nitrogen and oxygen atoms in total. The molecule has 0 aliphatic carbocycles. The van der Waals surface area contributed by atoms with Crippen molar-refractivity contribution in [3.63, 3.8) is 0 Å². The van der Waals surface area contributed by atoms with Gasteiger partial charge < -0.3 is 19.0 Å². The van der Waals surface area contributed by atoms with E-state index in [-0.39, 0.29) is 5.43 Å². The fourth-order valence-electron chi connectivity index (χ4n) is 3.17. The lowest BCUT2D eigenvalue weighted by molar-refractivity contribution is -0.113. The highest BCUT2D eigenvalue weighted by molar-refractivity contribution is 7.17. The molecule has 1 aliphatic heterocycles. The quantitative estimate of drug-likeness (QED) is 0.639. The summed E-state index contributed by atoms with van der Waals surface area (Å²) in [7, 11) is 1.63. The molecule has 7 heteroatoms. The SMILES string of the molecule is C#CC(=O)N(C)c1cccc(-c2csc3c(=O)cc(N4CCOCC4)oc23)c1. The number of carbonyl (C=O) groups excluding carboxylic acids is 1. The van der Waals surface area contributed by atoms with E-state index in [0.29, 0.717) is 48.2 Å². The molecule has 142 valence electrons. The summed E-state index contributed by atoms with van der Waals surface area (Å²) in [5.74, 6) is 2.24. The Hall–Kier alpha value is -3.08. The molecule has 0 saturated carbocycles. The third-order valence-electron chi connectivity index (χ3n) is 4.73. The number of carbonyl (C=O) groups is 1. The number of fused-ring (bicyclic) bond motifs is 1. The summed E-state index contributed by atoms with van der Waals surface area (Å²) in [5.41, 5.74) is 2.83. The minimum absolute atomic E-state index is 0.0604. The van der Waals surface area contributed by atoms with Gasteiger partial charge in [-0.2, -0.15) is 0 Å². The predicted octanol–water partition coefficient (Wildman–Crippen LogP) is 2.95. The van der Waals surface area contributed by atoms with Gasteiger partial charge in [0.25, 0.3) is 0 Å². The maximum atomic E-state index is 12.6. The molecule has 3 heterocycles. The number of benzene rings is 1. The van der Waals surface area contributed by atoms with Crippen molar-refractivity contribution < 1.29 is 13.9 Å². The Morgan fingerprint density at radius 2 is 2.07 bits per heavy atom. The summed E-state index contributed by atoms with van der Waals surface area (Å²) in [6.45, 7) is 2.58. The molecule has 0 bridgehead atoms. The van der Waals surface area contributed by atoms with Crippen LogP contribution in [0, 0.1) is 12.3 Å². The molecule has 0 N–H and O–H groups in total. The molecule has 2 aromatic heterocycles. The lowest BCUT2D eigenvalue weighted by Gasteiger charge is -2.27. The van der Waals surface area contributed by atoms with E-state index in [9.17, 15) is 9.59 Å². The molecule has 3 aromatic rings. The van der Waals surface area contributed by atoms with E-state index in [0.717, 1.165) is 11.1 Å². The lowest BCUT2D eigenvalue weighted by atomic mass is 10.1. The van der Waals surface area contributed by atoms with E-state index in [1.807, 2.05) is 34.5 Å². The normalized spacial score (nSPS) is 14.1. The number of amides is 1. The first kappa shape index (κ1) is 18.3. The molecule has 0 radical (unpaired) electrons. The number of nitrogens with zero attached hydrogens (tertiary/aromatic N) is 2. The standard InChI is InChI=1S/C21H18N2O4S/c1-3-18(25)22(2)15-6-4-5-14(11-15)16-13-28-21-17(24)12-19(27-20(16)21)23-7-9-26-10-8-23/h1,4-6,11-13H,7-10H2,2H3. The Balaban J connectivity index is 1.79. The van der Waals surface area contributed by atoms with Crippen LogP contribution in [-0.2, 0) is 9.53 Å². The van der Waals surface area contributed by atoms with Crippen LogP contribution in [-0.4, -0.2) is 39.3 Å². The highest BCUT2D eigenvalue weighted by Crippen LogP contribution is 2.35. The first-order valence-corrected chi connectivity index (χ1v) is 9.69. The van der Waals surface area contributed by atoms with E-state index in [2.05, 4.69) is 5.92 Å². The maximum absolute atomic E-state index is 12.6. The number of morpholine rings is 1. The van der Waals surface area contributed by atoms with Gasteiger partial charge in [-0.05, 0) is 23.6 Å². The Labute approximate surface area is 165 Å². The van der Waals surface area contributed by atoms with Gasteiger partial charge in [-0.1, -0.05) is 12.1 Å². The molecule has 0 unspecified atom stereocenters. The van der Waals surface area contributed by atoms with E-state index < -0.39 is 5.91 Å². The fourth-order valence-corrected chi connectivity index (χ4v) is 4.08. The molecule has 1 saturated heterocycles. The summed E-state index contributed by atoms with van der Waals surface area (Å²) < 4.78 is 12.1. The predicted molar refractivity (Wildman–Crippen MR) is 111 cm³/mol. The summed E-state index contributed by atoms with van der Waals surface area (Å²) >= 11 is 1.35. The van der Waals surface area contributed by atoms with Crippen molar-refractivity contribution in [2.75, 3.05) is 43.2 Å². The molecular formula is C21H18N2O4S. The number of thiophene rings is 1. The Morgan fingerprint density at radius 1 is 1.29 bits per heavy atom. The van der Waals surface area contributed by atoms with Crippen LogP contribution in [0.25, 0.3) is 21.4 Å². The van der Waals surface area contributed by atoms with Gasteiger partial charge in [-0.3, -0.25) is 9.59 Å². The third-order valence-corrected chi connectivity index (χ3v) is 5.70. The van der Waals surface area contributed by atoms with Crippen molar-refractivity contribution in [3.8, 4) is 23.5 Å². The smallest absolute Gasteiger partial charge is 0.302 e. The van der Waals surface area contributed by atoms with Crippen LogP contribution >= 0.6 is 11.3 Å². The minimum Gasteiger partial charge on any atom is -0.439 e. The Morgan fingerprint density at radius 3 is 2.82 bits per heavy atom. The number of hydrogen-bond acceptors (Lipinski definition) is 6. The van der Waals surface area contributed by atoms with Crippen molar-refractivity contribution in [2.45, 2.75) is 0 Å². The zero-order valence-electron chi connectivity index (χ0n) is 15.3. The molecule has 28 heavy (non-hydrogen) atoms. The summed E-state index contributed by atoms with van der Waals surface area (Å²) in [5, 5.41) is 1.90. The van der Waals surface area contributed by atoms with Crippen molar-refractivity contribution >= 4 is 39.1 Å². The first-order valence-electron chi connectivity index (χ1n) is 8.81. The molecule has 1 fully saturated rings. The van der Waals surface area contributed by atoms with Gasteiger partial charge in [0.15, 0.2) is 11.5 Å². The topological polar surface area (TPSA) is 63.0 Å². The van der Waals surface area contributed by atoms with Gasteiger partial charge in [0, 0.05) is 42.8 Å². The van der Waals surface area contributed by atoms with Gasteiger partial charge in [0.05, 0.1) is 13.2 Å². The zero-order valence-corrected chi connectivity index (χ0v) is 16.1. The number of ether oxygens (including phenoxy) is 1. The van der Waals surface area contributed by atoms with Crippen LogP contribution in [0.15, 0.2) is 44.9 Å². The van der Waals surface area contributed by atoms with Crippen LogP contribution in [0.3, 0.4) is 0 Å². The highest BCUT2D eigenvalue weighted by Gasteiger charge is 2.19. The molecular weight excluding hydrogens is 376 g/mol. The van der Waals surface area contributed by atoms with Gasteiger partial charge in [0.1, 0.15) is 4.70 Å². The monoisotopic (exact) mass is 394 g/mol. The average Bonchev–Trinajstić information content (AvgIpc) is 3.18. The average molecular weight is 394 g/mol. The van der Waals surface area contributed by atoms with Crippen molar-refractivity contribution in [3.05, 3.63) is 45.9 Å². The van der Waals surface area contributed by atoms with Gasteiger partial charge in [-0.25, -0.2) is 0 Å². The molecule has 4 rings (SSSR count). The van der Waals surface area contributed by atoms with Crippen molar-refractivity contribution in [2.24, 2.45) is 0 Å². The van der Waals surface area contributed by atoms with Gasteiger partial charge in [0.2, 0.25) is 5.43 Å². The van der Waals surface area contributed by atoms with Gasteiger partial charge in [-0.15, -0.1) is 17.8 Å². The van der Waals surface area contributed by atoms with Crippen molar-refractivity contribution in [1.82, 2.24) is 0 Å². The first-order chi connectivity index (χ1) is 13.6. The van der Waals surface area contributed by atoms with E-state index in [1.54, 1.807) is 13.1 Å². The molecule has 1 aromatic carbocycles. The fraction of sp³-hybridized carbons (Fsp3) is 0.238. The van der Waals surface area contributed by atoms with Crippen LogP contribution in [0.1, 0.15) is 0 Å². The largest absolute Gasteiger partial charge is 0.439 e. The second kappa shape index (κ2) is 7.50. The third kappa shape index (κ3) is 3.28. The number of anilines is 2. The lowest BCUT2D eigenvalue weighted by Crippen LogP contribution is -2.36. The zero-order chi connectivity index (χ0) is 19.7. The Bertz CT molecular complexity index is 1140. The number of terminal acetylenes is 1. The minimum atomic E-state index is -0.423. The van der Waals surface area contributed by atoms with E-state index in [1.165, 1.54) is 16.2 Å². The second-order valence-corrected chi connectivity index (χ2v) is 7.29. The van der Waals surface area contributed by atoms with E-state index >= 15 is 0 Å². The number of rotatable bonds is 3. The summed E-state index contributed by atoms with van der Waals surface area (Å²) in [4.78, 5) is 27.8. The van der Waals surface area contributed by atoms with Crippen LogP contribution in [0.5, 0.6) is 0 Å². The number of hydrogen-bond donors (Lipinski definition) is 0.